The van der Waals surface area contributed by atoms with Gasteiger partial charge >= 0.3 is 6.03 Å². The second kappa shape index (κ2) is 7.33. The first-order valence-electron chi connectivity index (χ1n) is 7.67. The average molecular weight is 316 g/mol. The number of amides is 2. The third kappa shape index (κ3) is 5.45. The fourth-order valence-electron chi connectivity index (χ4n) is 2.20. The topological polar surface area (TPSA) is 65.7 Å². The summed E-state index contributed by atoms with van der Waals surface area (Å²) in [6.07, 6.45) is 0.648. The smallest absolute Gasteiger partial charge is 0.318 e. The van der Waals surface area contributed by atoms with Crippen molar-refractivity contribution in [1.82, 2.24) is 10.2 Å². The van der Waals surface area contributed by atoms with Gasteiger partial charge in [0.25, 0.3) is 0 Å². The third-order valence-corrected chi connectivity index (χ3v) is 3.25. The first kappa shape index (κ1) is 17.1. The van der Waals surface area contributed by atoms with Crippen LogP contribution < -0.4 is 5.32 Å². The van der Waals surface area contributed by atoms with E-state index in [2.05, 4.69) is 5.32 Å². The van der Waals surface area contributed by atoms with Gasteiger partial charge in [0.15, 0.2) is 0 Å². The molecule has 5 heteroatoms. The van der Waals surface area contributed by atoms with Crippen LogP contribution in [0.3, 0.4) is 0 Å². The van der Waals surface area contributed by atoms with Crippen LogP contribution in [0.25, 0.3) is 0 Å². The number of urea groups is 1. The molecule has 0 fully saturated rings. The molecule has 5 nitrogen and oxygen atoms in total. The van der Waals surface area contributed by atoms with E-state index in [1.165, 1.54) is 6.26 Å². The molecule has 2 N–H and O–H groups in total. The third-order valence-electron chi connectivity index (χ3n) is 3.25. The van der Waals surface area contributed by atoms with Gasteiger partial charge in [-0.15, -0.1) is 0 Å². The summed E-state index contributed by atoms with van der Waals surface area (Å²) in [6, 6.07) is 12.9. The number of carbonyl (C=O) groups is 1. The highest BCUT2D eigenvalue weighted by molar-refractivity contribution is 5.75. The number of hydrogen-bond acceptors (Lipinski definition) is 3. The molecule has 0 saturated heterocycles. The van der Waals surface area contributed by atoms with Crippen LogP contribution in [-0.4, -0.2) is 28.1 Å². The van der Waals surface area contributed by atoms with Gasteiger partial charge in [0.2, 0.25) is 0 Å². The van der Waals surface area contributed by atoms with E-state index >= 15 is 0 Å². The monoisotopic (exact) mass is 316 g/mol. The normalized spacial score (nSPS) is 12.7. The highest BCUT2D eigenvalue weighted by Crippen LogP contribution is 2.17. The van der Waals surface area contributed by atoms with Crippen molar-refractivity contribution in [3.8, 4) is 0 Å². The van der Waals surface area contributed by atoms with E-state index in [-0.39, 0.29) is 18.1 Å². The van der Waals surface area contributed by atoms with Crippen LogP contribution in [0.1, 0.15) is 38.2 Å². The molecular weight excluding hydrogens is 292 g/mol. The van der Waals surface area contributed by atoms with Crippen LogP contribution in [0, 0.1) is 0 Å². The standard InChI is InChI=1S/C18H24N2O3/c1-18(2,3)19-17(22)20(12-14-8-5-4-6-9-14)13-15(21)16-10-7-11-23-16/h4-11,15,21H,12-13H2,1-3H3,(H,19,22). The average Bonchev–Trinajstić information content (AvgIpc) is 3.00. The minimum Gasteiger partial charge on any atom is -0.467 e. The Kier molecular flexibility index (Phi) is 5.45. The zero-order valence-electron chi connectivity index (χ0n) is 13.8. The van der Waals surface area contributed by atoms with Crippen LogP contribution in [0.4, 0.5) is 4.79 Å². The number of aliphatic hydroxyl groups is 1. The van der Waals surface area contributed by atoms with E-state index in [0.29, 0.717) is 12.3 Å². The van der Waals surface area contributed by atoms with Crippen molar-refractivity contribution in [1.29, 1.82) is 0 Å². The largest absolute Gasteiger partial charge is 0.467 e. The van der Waals surface area contributed by atoms with E-state index in [1.807, 2.05) is 51.1 Å². The number of carbonyl (C=O) groups excluding carboxylic acids is 1. The van der Waals surface area contributed by atoms with Crippen molar-refractivity contribution in [2.45, 2.75) is 39.0 Å². The molecular formula is C18H24N2O3. The first-order valence-corrected chi connectivity index (χ1v) is 7.67. The summed E-state index contributed by atoms with van der Waals surface area (Å²) in [5.74, 6) is 0.451. The molecule has 0 saturated carbocycles. The molecule has 0 radical (unpaired) electrons. The van der Waals surface area contributed by atoms with Crippen molar-refractivity contribution in [3.63, 3.8) is 0 Å². The molecule has 1 heterocycles. The molecule has 23 heavy (non-hydrogen) atoms. The van der Waals surface area contributed by atoms with Gasteiger partial charge in [0.05, 0.1) is 12.8 Å². The molecule has 0 spiro atoms. The zero-order chi connectivity index (χ0) is 16.9. The highest BCUT2D eigenvalue weighted by atomic mass is 16.4. The fourth-order valence-corrected chi connectivity index (χ4v) is 2.20. The number of furan rings is 1. The van der Waals surface area contributed by atoms with Crippen LogP contribution in [0.15, 0.2) is 53.1 Å². The quantitative estimate of drug-likeness (QED) is 0.889. The Morgan fingerprint density at radius 2 is 1.91 bits per heavy atom. The SMILES string of the molecule is CC(C)(C)NC(=O)N(Cc1ccccc1)CC(O)c1ccco1. The van der Waals surface area contributed by atoms with Gasteiger partial charge in [-0.1, -0.05) is 30.3 Å². The Morgan fingerprint density at radius 1 is 1.22 bits per heavy atom. The number of hydrogen-bond donors (Lipinski definition) is 2. The Balaban J connectivity index is 2.12. The van der Waals surface area contributed by atoms with E-state index in [1.54, 1.807) is 17.0 Å². The van der Waals surface area contributed by atoms with Crippen molar-refractivity contribution in [2.75, 3.05) is 6.54 Å². The molecule has 1 aromatic heterocycles. The number of aliphatic hydroxyl groups excluding tert-OH is 1. The van der Waals surface area contributed by atoms with Crippen molar-refractivity contribution >= 4 is 6.03 Å². The predicted octanol–water partition coefficient (Wildman–Crippen LogP) is 3.32. The number of benzene rings is 1. The molecule has 0 aliphatic carbocycles. The van der Waals surface area contributed by atoms with Gasteiger partial charge in [-0.25, -0.2) is 4.79 Å². The molecule has 0 aliphatic heterocycles. The molecule has 0 aliphatic rings. The van der Waals surface area contributed by atoms with Crippen molar-refractivity contribution in [2.24, 2.45) is 0 Å². The molecule has 2 rings (SSSR count). The Morgan fingerprint density at radius 3 is 2.48 bits per heavy atom. The van der Waals surface area contributed by atoms with Gasteiger partial charge in [-0.05, 0) is 38.5 Å². The molecule has 0 bridgehead atoms. The lowest BCUT2D eigenvalue weighted by molar-refractivity contribution is 0.0989. The van der Waals surface area contributed by atoms with Gasteiger partial charge in [-0.3, -0.25) is 0 Å². The predicted molar refractivity (Wildman–Crippen MR) is 88.8 cm³/mol. The summed E-state index contributed by atoms with van der Waals surface area (Å²) in [5, 5.41) is 13.2. The highest BCUT2D eigenvalue weighted by Gasteiger charge is 2.23. The lowest BCUT2D eigenvalue weighted by atomic mass is 10.1. The maximum absolute atomic E-state index is 12.5. The Hall–Kier alpha value is -2.27. The summed E-state index contributed by atoms with van der Waals surface area (Å²) in [7, 11) is 0. The van der Waals surface area contributed by atoms with Crippen LogP contribution in [0.5, 0.6) is 0 Å². The van der Waals surface area contributed by atoms with E-state index in [9.17, 15) is 9.90 Å². The molecule has 124 valence electrons. The first-order chi connectivity index (χ1) is 10.8. The molecule has 2 aromatic rings. The minimum absolute atomic E-state index is 0.157. The summed E-state index contributed by atoms with van der Waals surface area (Å²) >= 11 is 0. The van der Waals surface area contributed by atoms with Crippen LogP contribution in [0.2, 0.25) is 0 Å². The Bertz CT molecular complexity index is 603. The van der Waals surface area contributed by atoms with Crippen molar-refractivity contribution in [3.05, 3.63) is 60.1 Å². The molecule has 1 atom stereocenters. The van der Waals surface area contributed by atoms with E-state index in [4.69, 9.17) is 4.42 Å². The molecule has 1 unspecified atom stereocenters. The second-order valence-corrected chi connectivity index (χ2v) is 6.58. The van der Waals surface area contributed by atoms with E-state index in [0.717, 1.165) is 5.56 Å². The number of nitrogens with zero attached hydrogens (tertiary/aromatic N) is 1. The summed E-state index contributed by atoms with van der Waals surface area (Å²) < 4.78 is 5.22. The zero-order valence-corrected chi connectivity index (χ0v) is 13.8. The van der Waals surface area contributed by atoms with Gasteiger partial charge in [0.1, 0.15) is 11.9 Å². The number of nitrogens with one attached hydrogen (secondary N) is 1. The van der Waals surface area contributed by atoms with Crippen LogP contribution in [-0.2, 0) is 6.54 Å². The van der Waals surface area contributed by atoms with Gasteiger partial charge < -0.3 is 19.7 Å². The maximum atomic E-state index is 12.5. The van der Waals surface area contributed by atoms with Gasteiger partial charge in [0, 0.05) is 12.1 Å². The number of rotatable bonds is 5. The molecule has 1 aromatic carbocycles. The van der Waals surface area contributed by atoms with Crippen molar-refractivity contribution < 1.29 is 14.3 Å². The Labute approximate surface area is 136 Å². The van der Waals surface area contributed by atoms with Gasteiger partial charge in [-0.2, -0.15) is 0 Å². The van der Waals surface area contributed by atoms with Crippen LogP contribution >= 0.6 is 0 Å². The molecule has 2 amide bonds. The fraction of sp³-hybridized carbons (Fsp3) is 0.389. The summed E-state index contributed by atoms with van der Waals surface area (Å²) in [5.41, 5.74) is 0.657. The maximum Gasteiger partial charge on any atom is 0.318 e. The lowest BCUT2D eigenvalue weighted by Gasteiger charge is -2.29. The minimum atomic E-state index is -0.862. The lowest BCUT2D eigenvalue weighted by Crippen LogP contribution is -2.49. The summed E-state index contributed by atoms with van der Waals surface area (Å²) in [4.78, 5) is 14.1. The summed E-state index contributed by atoms with van der Waals surface area (Å²) in [6.45, 7) is 6.35. The second-order valence-electron chi connectivity index (χ2n) is 6.58. The van der Waals surface area contributed by atoms with E-state index < -0.39 is 6.10 Å².